The quantitative estimate of drug-likeness (QED) is 0.892. The largest absolute Gasteiger partial charge is 0.457 e. The Morgan fingerprint density at radius 3 is 2.33 bits per heavy atom. The lowest BCUT2D eigenvalue weighted by molar-refractivity contribution is 0.271. The lowest BCUT2D eigenvalue weighted by Crippen LogP contribution is -1.95. The fourth-order valence-corrected chi connectivity index (χ4v) is 1.87. The van der Waals surface area contributed by atoms with E-state index in [-0.39, 0.29) is 13.2 Å². The second-order valence-electron chi connectivity index (χ2n) is 3.74. The maximum Gasteiger partial charge on any atom is 0.134 e. The molecule has 0 fully saturated rings. The van der Waals surface area contributed by atoms with E-state index in [4.69, 9.17) is 16.3 Å². The number of aliphatic hydroxyl groups excluding tert-OH is 2. The van der Waals surface area contributed by atoms with Crippen LogP contribution in [0.25, 0.3) is 0 Å². The zero-order valence-corrected chi connectivity index (χ0v) is 10.4. The van der Waals surface area contributed by atoms with Gasteiger partial charge in [-0.1, -0.05) is 35.9 Å². The Morgan fingerprint density at radius 1 is 0.889 bits per heavy atom. The lowest BCUT2D eigenvalue weighted by atomic mass is 10.2. The van der Waals surface area contributed by atoms with Gasteiger partial charge < -0.3 is 14.9 Å². The van der Waals surface area contributed by atoms with Crippen LogP contribution >= 0.6 is 11.6 Å². The first kappa shape index (κ1) is 12.9. The van der Waals surface area contributed by atoms with Crippen molar-refractivity contribution >= 4 is 11.6 Å². The Bertz CT molecular complexity index is 540. The molecule has 0 aliphatic carbocycles. The highest BCUT2D eigenvalue weighted by atomic mass is 35.5. The second-order valence-corrected chi connectivity index (χ2v) is 4.15. The van der Waals surface area contributed by atoms with Crippen LogP contribution in [0.3, 0.4) is 0 Å². The highest BCUT2D eigenvalue weighted by Gasteiger charge is 2.10. The van der Waals surface area contributed by atoms with Gasteiger partial charge in [0.25, 0.3) is 0 Å². The molecule has 4 heteroatoms. The molecule has 2 aromatic carbocycles. The van der Waals surface area contributed by atoms with E-state index >= 15 is 0 Å². The van der Waals surface area contributed by atoms with Crippen LogP contribution in [-0.2, 0) is 13.2 Å². The third-order valence-electron chi connectivity index (χ3n) is 2.60. The Labute approximate surface area is 110 Å². The number of benzene rings is 2. The van der Waals surface area contributed by atoms with E-state index in [1.165, 1.54) is 0 Å². The summed E-state index contributed by atoms with van der Waals surface area (Å²) in [6.45, 7) is -0.304. The van der Waals surface area contributed by atoms with Crippen LogP contribution in [-0.4, -0.2) is 10.2 Å². The molecule has 0 aromatic heterocycles. The first-order valence-electron chi connectivity index (χ1n) is 5.51. The molecule has 0 radical (unpaired) electrons. The molecule has 0 aliphatic heterocycles. The van der Waals surface area contributed by atoms with E-state index in [0.717, 1.165) is 0 Å². The van der Waals surface area contributed by atoms with Crippen molar-refractivity contribution in [3.63, 3.8) is 0 Å². The van der Waals surface area contributed by atoms with Crippen molar-refractivity contribution in [1.29, 1.82) is 0 Å². The molecule has 2 N–H and O–H groups in total. The SMILES string of the molecule is OCc1ccccc1Oc1cccc(Cl)c1CO. The minimum absolute atomic E-state index is 0.106. The smallest absolute Gasteiger partial charge is 0.134 e. The highest BCUT2D eigenvalue weighted by molar-refractivity contribution is 6.31. The molecule has 2 aromatic rings. The van der Waals surface area contributed by atoms with Crippen LogP contribution in [0.4, 0.5) is 0 Å². The molecule has 0 saturated heterocycles. The molecule has 0 bridgehead atoms. The van der Waals surface area contributed by atoms with Crippen LogP contribution in [0.1, 0.15) is 11.1 Å². The number of aliphatic hydroxyl groups is 2. The van der Waals surface area contributed by atoms with Gasteiger partial charge in [0.05, 0.1) is 13.2 Å². The number of rotatable bonds is 4. The Balaban J connectivity index is 2.37. The topological polar surface area (TPSA) is 49.7 Å². The summed E-state index contributed by atoms with van der Waals surface area (Å²) < 4.78 is 5.70. The second kappa shape index (κ2) is 5.87. The predicted octanol–water partition coefficient (Wildman–Crippen LogP) is 3.12. The van der Waals surface area contributed by atoms with Gasteiger partial charge in [0, 0.05) is 16.1 Å². The number of halogens is 1. The maximum absolute atomic E-state index is 9.29. The molecular formula is C14H13ClO3. The summed E-state index contributed by atoms with van der Waals surface area (Å²) in [5.41, 5.74) is 1.22. The van der Waals surface area contributed by atoms with Crippen molar-refractivity contribution in [2.75, 3.05) is 0 Å². The summed E-state index contributed by atoms with van der Waals surface area (Å²) in [7, 11) is 0. The molecule has 2 rings (SSSR count). The molecule has 3 nitrogen and oxygen atoms in total. The third kappa shape index (κ3) is 2.64. The molecule has 0 heterocycles. The molecule has 18 heavy (non-hydrogen) atoms. The van der Waals surface area contributed by atoms with Gasteiger partial charge in [-0.3, -0.25) is 0 Å². The minimum atomic E-state index is -0.198. The molecular weight excluding hydrogens is 252 g/mol. The number of para-hydroxylation sites is 1. The molecule has 94 valence electrons. The van der Waals surface area contributed by atoms with Crippen molar-refractivity contribution in [2.24, 2.45) is 0 Å². The van der Waals surface area contributed by atoms with Crippen molar-refractivity contribution in [1.82, 2.24) is 0 Å². The third-order valence-corrected chi connectivity index (χ3v) is 2.95. The number of hydrogen-bond acceptors (Lipinski definition) is 3. The number of ether oxygens (including phenoxy) is 1. The van der Waals surface area contributed by atoms with Crippen LogP contribution in [0, 0.1) is 0 Å². The molecule has 0 atom stereocenters. The standard InChI is InChI=1S/C14H13ClO3/c15-12-5-3-7-14(11(12)9-17)18-13-6-2-1-4-10(13)8-16/h1-7,16-17H,8-9H2. The van der Waals surface area contributed by atoms with Gasteiger partial charge in [-0.25, -0.2) is 0 Å². The van der Waals surface area contributed by atoms with E-state index in [2.05, 4.69) is 0 Å². The summed E-state index contributed by atoms with van der Waals surface area (Å²) >= 11 is 5.98. The highest BCUT2D eigenvalue weighted by Crippen LogP contribution is 2.31. The lowest BCUT2D eigenvalue weighted by Gasteiger charge is -2.13. The summed E-state index contributed by atoms with van der Waals surface area (Å²) in [6.07, 6.45) is 0. The van der Waals surface area contributed by atoms with Gasteiger partial charge in [0.2, 0.25) is 0 Å². The average Bonchev–Trinajstić information content (AvgIpc) is 2.40. The fraction of sp³-hybridized carbons (Fsp3) is 0.143. The van der Waals surface area contributed by atoms with Crippen molar-refractivity contribution in [3.8, 4) is 11.5 Å². The normalized spacial score (nSPS) is 10.4. The van der Waals surface area contributed by atoms with Gasteiger partial charge in [0.1, 0.15) is 11.5 Å². The van der Waals surface area contributed by atoms with E-state index in [1.807, 2.05) is 12.1 Å². The van der Waals surface area contributed by atoms with Crippen LogP contribution in [0.2, 0.25) is 5.02 Å². The molecule has 0 aliphatic rings. The zero-order chi connectivity index (χ0) is 13.0. The van der Waals surface area contributed by atoms with Crippen molar-refractivity contribution in [3.05, 3.63) is 58.6 Å². The fourth-order valence-electron chi connectivity index (χ4n) is 1.64. The van der Waals surface area contributed by atoms with Crippen molar-refractivity contribution < 1.29 is 14.9 Å². The Hall–Kier alpha value is -1.55. The summed E-state index contributed by atoms with van der Waals surface area (Å²) in [6, 6.07) is 12.3. The molecule has 0 spiro atoms. The van der Waals surface area contributed by atoms with E-state index in [1.54, 1.807) is 30.3 Å². The van der Waals surface area contributed by atoms with E-state index in [9.17, 15) is 10.2 Å². The van der Waals surface area contributed by atoms with E-state index in [0.29, 0.717) is 27.6 Å². The molecule has 0 unspecified atom stereocenters. The zero-order valence-electron chi connectivity index (χ0n) is 9.64. The Morgan fingerprint density at radius 2 is 1.61 bits per heavy atom. The first-order valence-corrected chi connectivity index (χ1v) is 5.89. The van der Waals surface area contributed by atoms with Gasteiger partial charge >= 0.3 is 0 Å². The predicted molar refractivity (Wildman–Crippen MR) is 69.8 cm³/mol. The Kier molecular flexibility index (Phi) is 4.20. The van der Waals surface area contributed by atoms with Gasteiger partial charge in [0.15, 0.2) is 0 Å². The summed E-state index contributed by atoms with van der Waals surface area (Å²) in [5.74, 6) is 1.04. The number of hydrogen-bond donors (Lipinski definition) is 2. The van der Waals surface area contributed by atoms with Gasteiger partial charge in [-0.15, -0.1) is 0 Å². The minimum Gasteiger partial charge on any atom is -0.457 e. The van der Waals surface area contributed by atoms with Gasteiger partial charge in [-0.05, 0) is 18.2 Å². The van der Waals surface area contributed by atoms with Crippen LogP contribution in [0.5, 0.6) is 11.5 Å². The monoisotopic (exact) mass is 264 g/mol. The first-order chi connectivity index (χ1) is 8.76. The van der Waals surface area contributed by atoms with Gasteiger partial charge in [-0.2, -0.15) is 0 Å². The maximum atomic E-state index is 9.29. The summed E-state index contributed by atoms with van der Waals surface area (Å²) in [4.78, 5) is 0. The van der Waals surface area contributed by atoms with E-state index < -0.39 is 0 Å². The van der Waals surface area contributed by atoms with Crippen LogP contribution < -0.4 is 4.74 Å². The van der Waals surface area contributed by atoms with Crippen LogP contribution in [0.15, 0.2) is 42.5 Å². The molecule has 0 saturated carbocycles. The average molecular weight is 265 g/mol. The molecule has 0 amide bonds. The summed E-state index contributed by atoms with van der Waals surface area (Å²) in [5, 5.41) is 19.0. The van der Waals surface area contributed by atoms with Crippen molar-refractivity contribution in [2.45, 2.75) is 13.2 Å².